The number of piperidine rings is 1. The molecule has 0 bridgehead atoms. The van der Waals surface area contributed by atoms with Gasteiger partial charge in [0, 0.05) is 19.6 Å². The Morgan fingerprint density at radius 2 is 2.33 bits per heavy atom. The SMILES string of the molecule is COc1cccc(CNC(=O)CN2CCC(O)C(C)C2)c1. The van der Waals surface area contributed by atoms with Crippen molar-refractivity contribution in [2.75, 3.05) is 26.7 Å². The molecule has 5 nitrogen and oxygen atoms in total. The molecule has 0 spiro atoms. The first-order chi connectivity index (χ1) is 10.1. The number of aliphatic hydroxyl groups excluding tert-OH is 1. The monoisotopic (exact) mass is 292 g/mol. The van der Waals surface area contributed by atoms with E-state index in [1.807, 2.05) is 31.2 Å². The number of likely N-dealkylation sites (tertiary alicyclic amines) is 1. The van der Waals surface area contributed by atoms with Gasteiger partial charge in [0.05, 0.1) is 19.8 Å². The Hall–Kier alpha value is -1.59. The largest absolute Gasteiger partial charge is 0.497 e. The van der Waals surface area contributed by atoms with Gasteiger partial charge in [0.1, 0.15) is 5.75 Å². The van der Waals surface area contributed by atoms with Crippen LogP contribution in [0.25, 0.3) is 0 Å². The molecule has 1 amide bonds. The zero-order valence-electron chi connectivity index (χ0n) is 12.7. The minimum atomic E-state index is -0.235. The average molecular weight is 292 g/mol. The number of hydrogen-bond donors (Lipinski definition) is 2. The fraction of sp³-hybridized carbons (Fsp3) is 0.562. The number of aliphatic hydroxyl groups is 1. The fourth-order valence-electron chi connectivity index (χ4n) is 2.61. The van der Waals surface area contributed by atoms with Gasteiger partial charge in [-0.15, -0.1) is 0 Å². The first-order valence-electron chi connectivity index (χ1n) is 7.38. The topological polar surface area (TPSA) is 61.8 Å². The van der Waals surface area contributed by atoms with Gasteiger partial charge in [0.2, 0.25) is 5.91 Å². The van der Waals surface area contributed by atoms with Gasteiger partial charge in [-0.3, -0.25) is 9.69 Å². The maximum absolute atomic E-state index is 12.0. The Morgan fingerprint density at radius 1 is 1.52 bits per heavy atom. The first kappa shape index (κ1) is 15.8. The highest BCUT2D eigenvalue weighted by atomic mass is 16.5. The Kier molecular flexibility index (Phi) is 5.59. The van der Waals surface area contributed by atoms with E-state index in [4.69, 9.17) is 4.74 Å². The van der Waals surface area contributed by atoms with Crippen molar-refractivity contribution >= 4 is 5.91 Å². The third-order valence-corrected chi connectivity index (χ3v) is 3.94. The van der Waals surface area contributed by atoms with Crippen molar-refractivity contribution < 1.29 is 14.6 Å². The Bertz CT molecular complexity index is 478. The number of methoxy groups -OCH3 is 1. The average Bonchev–Trinajstić information content (AvgIpc) is 2.49. The molecule has 116 valence electrons. The van der Waals surface area contributed by atoms with Gasteiger partial charge < -0.3 is 15.2 Å². The summed E-state index contributed by atoms with van der Waals surface area (Å²) in [6.07, 6.45) is 0.505. The van der Waals surface area contributed by atoms with Crippen LogP contribution in [0.1, 0.15) is 18.9 Å². The lowest BCUT2D eigenvalue weighted by molar-refractivity contribution is -0.123. The van der Waals surface area contributed by atoms with Crippen molar-refractivity contribution in [2.45, 2.75) is 26.0 Å². The summed E-state index contributed by atoms with van der Waals surface area (Å²) in [6, 6.07) is 7.67. The maximum Gasteiger partial charge on any atom is 0.234 e. The van der Waals surface area contributed by atoms with Crippen molar-refractivity contribution in [1.82, 2.24) is 10.2 Å². The molecule has 2 unspecified atom stereocenters. The van der Waals surface area contributed by atoms with E-state index in [0.717, 1.165) is 30.8 Å². The summed E-state index contributed by atoms with van der Waals surface area (Å²) in [6.45, 7) is 4.46. The zero-order chi connectivity index (χ0) is 15.2. The number of nitrogens with zero attached hydrogens (tertiary/aromatic N) is 1. The predicted molar refractivity (Wildman–Crippen MR) is 81.1 cm³/mol. The van der Waals surface area contributed by atoms with E-state index < -0.39 is 0 Å². The molecule has 21 heavy (non-hydrogen) atoms. The molecule has 0 saturated carbocycles. The van der Waals surface area contributed by atoms with E-state index in [-0.39, 0.29) is 17.9 Å². The molecule has 5 heteroatoms. The number of benzene rings is 1. The molecule has 1 aromatic rings. The Morgan fingerprint density at radius 3 is 3.05 bits per heavy atom. The lowest BCUT2D eigenvalue weighted by Crippen LogP contribution is -2.46. The zero-order valence-corrected chi connectivity index (χ0v) is 12.7. The molecule has 2 rings (SSSR count). The Labute approximate surface area is 125 Å². The van der Waals surface area contributed by atoms with Gasteiger partial charge in [-0.1, -0.05) is 19.1 Å². The predicted octanol–water partition coefficient (Wildman–Crippen LogP) is 1.01. The summed E-state index contributed by atoms with van der Waals surface area (Å²) in [4.78, 5) is 14.1. The lowest BCUT2D eigenvalue weighted by Gasteiger charge is -2.33. The van der Waals surface area contributed by atoms with Crippen LogP contribution in [0.3, 0.4) is 0 Å². The molecular weight excluding hydrogens is 268 g/mol. The first-order valence-corrected chi connectivity index (χ1v) is 7.38. The summed E-state index contributed by atoms with van der Waals surface area (Å²) in [5.74, 6) is 1.03. The summed E-state index contributed by atoms with van der Waals surface area (Å²) >= 11 is 0. The van der Waals surface area contributed by atoms with Crippen molar-refractivity contribution in [3.63, 3.8) is 0 Å². The third kappa shape index (κ3) is 4.72. The molecule has 1 saturated heterocycles. The van der Waals surface area contributed by atoms with Gasteiger partial charge in [-0.2, -0.15) is 0 Å². The number of carbonyl (C=O) groups excluding carboxylic acids is 1. The highest BCUT2D eigenvalue weighted by Crippen LogP contribution is 2.16. The molecular formula is C16H24N2O3. The molecule has 1 heterocycles. The van der Waals surface area contributed by atoms with Gasteiger partial charge in [0.15, 0.2) is 0 Å². The van der Waals surface area contributed by atoms with E-state index in [2.05, 4.69) is 10.2 Å². The van der Waals surface area contributed by atoms with Crippen LogP contribution < -0.4 is 10.1 Å². The molecule has 1 fully saturated rings. The second kappa shape index (κ2) is 7.43. The fourth-order valence-corrected chi connectivity index (χ4v) is 2.61. The number of rotatable bonds is 5. The number of carbonyl (C=O) groups is 1. The van der Waals surface area contributed by atoms with Crippen LogP contribution in [-0.4, -0.2) is 48.8 Å². The molecule has 2 atom stereocenters. The minimum absolute atomic E-state index is 0.0152. The van der Waals surface area contributed by atoms with Crippen molar-refractivity contribution in [3.8, 4) is 5.75 Å². The standard InChI is InChI=1S/C16H24N2O3/c1-12-10-18(7-6-15(12)19)11-16(20)17-9-13-4-3-5-14(8-13)21-2/h3-5,8,12,15,19H,6-7,9-11H2,1-2H3,(H,17,20). The quantitative estimate of drug-likeness (QED) is 0.850. The van der Waals surface area contributed by atoms with Crippen LogP contribution >= 0.6 is 0 Å². The summed E-state index contributed by atoms with van der Waals surface area (Å²) in [7, 11) is 1.63. The van der Waals surface area contributed by atoms with Crippen molar-refractivity contribution in [3.05, 3.63) is 29.8 Å². The third-order valence-electron chi connectivity index (χ3n) is 3.94. The molecule has 0 radical (unpaired) electrons. The molecule has 1 aliphatic rings. The minimum Gasteiger partial charge on any atom is -0.497 e. The summed E-state index contributed by atoms with van der Waals surface area (Å²) < 4.78 is 5.16. The summed E-state index contributed by atoms with van der Waals surface area (Å²) in [5, 5.41) is 12.6. The normalized spacial score (nSPS) is 22.8. The van der Waals surface area contributed by atoms with E-state index in [0.29, 0.717) is 13.1 Å². The van der Waals surface area contributed by atoms with Crippen LogP contribution in [0, 0.1) is 5.92 Å². The highest BCUT2D eigenvalue weighted by Gasteiger charge is 2.25. The molecule has 2 N–H and O–H groups in total. The van der Waals surface area contributed by atoms with Crippen LogP contribution in [0.4, 0.5) is 0 Å². The molecule has 0 aromatic heterocycles. The second-order valence-corrected chi connectivity index (χ2v) is 5.70. The smallest absolute Gasteiger partial charge is 0.234 e. The van der Waals surface area contributed by atoms with E-state index in [1.165, 1.54) is 0 Å². The lowest BCUT2D eigenvalue weighted by atomic mass is 9.97. The molecule has 0 aliphatic carbocycles. The maximum atomic E-state index is 12.0. The number of hydrogen-bond acceptors (Lipinski definition) is 4. The number of ether oxygens (including phenoxy) is 1. The van der Waals surface area contributed by atoms with Crippen LogP contribution in [0.2, 0.25) is 0 Å². The van der Waals surface area contributed by atoms with Crippen LogP contribution in [0.5, 0.6) is 5.75 Å². The van der Waals surface area contributed by atoms with Crippen molar-refractivity contribution in [1.29, 1.82) is 0 Å². The van der Waals surface area contributed by atoms with Gasteiger partial charge in [-0.05, 0) is 30.0 Å². The molecule has 1 aromatic carbocycles. The van der Waals surface area contributed by atoms with E-state index >= 15 is 0 Å². The van der Waals surface area contributed by atoms with Gasteiger partial charge in [-0.25, -0.2) is 0 Å². The Balaban J connectivity index is 1.77. The summed E-state index contributed by atoms with van der Waals surface area (Å²) in [5.41, 5.74) is 1.02. The number of amides is 1. The van der Waals surface area contributed by atoms with E-state index in [1.54, 1.807) is 7.11 Å². The van der Waals surface area contributed by atoms with E-state index in [9.17, 15) is 9.90 Å². The van der Waals surface area contributed by atoms with Crippen LogP contribution in [0.15, 0.2) is 24.3 Å². The van der Waals surface area contributed by atoms with Gasteiger partial charge in [0.25, 0.3) is 0 Å². The van der Waals surface area contributed by atoms with Crippen molar-refractivity contribution in [2.24, 2.45) is 5.92 Å². The van der Waals surface area contributed by atoms with Crippen LogP contribution in [-0.2, 0) is 11.3 Å². The number of nitrogens with one attached hydrogen (secondary N) is 1. The highest BCUT2D eigenvalue weighted by molar-refractivity contribution is 5.78. The molecule has 1 aliphatic heterocycles. The second-order valence-electron chi connectivity index (χ2n) is 5.70. The van der Waals surface area contributed by atoms with Gasteiger partial charge >= 0.3 is 0 Å².